The van der Waals surface area contributed by atoms with Crippen molar-refractivity contribution >= 4 is 54.8 Å². The van der Waals surface area contributed by atoms with Gasteiger partial charge in [0, 0.05) is 30.8 Å². The summed E-state index contributed by atoms with van der Waals surface area (Å²) in [4.78, 5) is 1.11. The van der Waals surface area contributed by atoms with Gasteiger partial charge >= 0.3 is 0 Å². The Kier molecular flexibility index (Phi) is 4.55. The molecule has 18 heavy (non-hydrogen) atoms. The Labute approximate surface area is 132 Å². The van der Waals surface area contributed by atoms with Crippen LogP contribution in [0.3, 0.4) is 0 Å². The highest BCUT2D eigenvalue weighted by atomic mass is 79.9. The van der Waals surface area contributed by atoms with Crippen molar-refractivity contribution in [3.8, 4) is 0 Å². The normalized spacial score (nSPS) is 14.5. The minimum absolute atomic E-state index is 0.534. The SMILES string of the molecule is CC(O)(Cc1sccc1Br)c1ccc(Br)cc1Cl. The maximum absolute atomic E-state index is 10.6. The third kappa shape index (κ3) is 3.17. The van der Waals surface area contributed by atoms with Gasteiger partial charge in [0.25, 0.3) is 0 Å². The molecule has 0 spiro atoms. The largest absolute Gasteiger partial charge is 0.385 e. The molecule has 0 amide bonds. The van der Waals surface area contributed by atoms with Gasteiger partial charge < -0.3 is 5.11 Å². The maximum atomic E-state index is 10.6. The number of rotatable bonds is 3. The van der Waals surface area contributed by atoms with Crippen LogP contribution in [0.1, 0.15) is 17.4 Å². The Bertz CT molecular complexity index is 566. The second-order valence-electron chi connectivity index (χ2n) is 4.27. The van der Waals surface area contributed by atoms with E-state index in [1.54, 1.807) is 24.3 Å². The van der Waals surface area contributed by atoms with E-state index >= 15 is 0 Å². The van der Waals surface area contributed by atoms with E-state index < -0.39 is 5.60 Å². The fraction of sp³-hybridized carbons (Fsp3) is 0.231. The molecule has 5 heteroatoms. The highest BCUT2D eigenvalue weighted by Crippen LogP contribution is 2.35. The van der Waals surface area contributed by atoms with Crippen molar-refractivity contribution in [2.45, 2.75) is 18.9 Å². The molecule has 96 valence electrons. The molecule has 1 N–H and O–H groups in total. The molecule has 1 atom stereocenters. The molecule has 1 aromatic heterocycles. The fourth-order valence-corrected chi connectivity index (χ4v) is 4.30. The second kappa shape index (κ2) is 5.63. The summed E-state index contributed by atoms with van der Waals surface area (Å²) >= 11 is 14.7. The predicted octanol–water partition coefficient (Wildman–Crippen LogP) is 5.38. The van der Waals surface area contributed by atoms with Gasteiger partial charge in [0.15, 0.2) is 0 Å². The molecule has 0 saturated carbocycles. The van der Waals surface area contributed by atoms with Crippen LogP contribution in [0.15, 0.2) is 38.6 Å². The summed E-state index contributed by atoms with van der Waals surface area (Å²) in [5.74, 6) is 0. The first-order valence-electron chi connectivity index (χ1n) is 5.30. The summed E-state index contributed by atoms with van der Waals surface area (Å²) < 4.78 is 1.94. The van der Waals surface area contributed by atoms with E-state index in [2.05, 4.69) is 31.9 Å². The lowest BCUT2D eigenvalue weighted by Crippen LogP contribution is -2.24. The summed E-state index contributed by atoms with van der Waals surface area (Å²) in [5.41, 5.74) is -0.238. The lowest BCUT2D eigenvalue weighted by Gasteiger charge is -2.24. The molecule has 2 aromatic rings. The van der Waals surface area contributed by atoms with Crippen molar-refractivity contribution in [1.29, 1.82) is 0 Å². The molecule has 1 heterocycles. The molecule has 0 aliphatic heterocycles. The monoisotopic (exact) mass is 408 g/mol. The van der Waals surface area contributed by atoms with E-state index in [-0.39, 0.29) is 0 Å². The summed E-state index contributed by atoms with van der Waals surface area (Å²) in [7, 11) is 0. The van der Waals surface area contributed by atoms with Crippen molar-refractivity contribution in [3.63, 3.8) is 0 Å². The summed E-state index contributed by atoms with van der Waals surface area (Å²) in [6.45, 7) is 1.79. The minimum Gasteiger partial charge on any atom is -0.385 e. The van der Waals surface area contributed by atoms with E-state index in [4.69, 9.17) is 11.6 Å². The van der Waals surface area contributed by atoms with E-state index in [0.717, 1.165) is 19.4 Å². The quantitative estimate of drug-likeness (QED) is 0.721. The van der Waals surface area contributed by atoms with Gasteiger partial charge in [-0.1, -0.05) is 33.6 Å². The van der Waals surface area contributed by atoms with Crippen LogP contribution in [0, 0.1) is 0 Å². The molecule has 1 aromatic carbocycles. The van der Waals surface area contributed by atoms with Gasteiger partial charge in [-0.25, -0.2) is 0 Å². The van der Waals surface area contributed by atoms with Gasteiger partial charge in [-0.15, -0.1) is 11.3 Å². The molecule has 1 nitrogen and oxygen atoms in total. The molecular formula is C13H11Br2ClOS. The third-order valence-electron chi connectivity index (χ3n) is 2.71. The van der Waals surface area contributed by atoms with Crippen molar-refractivity contribution in [2.75, 3.05) is 0 Å². The minimum atomic E-state index is -0.981. The topological polar surface area (TPSA) is 20.2 Å². The predicted molar refractivity (Wildman–Crippen MR) is 84.4 cm³/mol. The van der Waals surface area contributed by atoms with Crippen LogP contribution in [-0.2, 0) is 12.0 Å². The van der Waals surface area contributed by atoms with Gasteiger partial charge in [-0.2, -0.15) is 0 Å². The standard InChI is InChI=1S/C13H11Br2ClOS/c1-13(17,7-12-10(15)4-5-18-12)9-3-2-8(14)6-11(9)16/h2-6,17H,7H2,1H3. The van der Waals surface area contributed by atoms with Crippen LogP contribution in [0.25, 0.3) is 0 Å². The van der Waals surface area contributed by atoms with E-state index in [9.17, 15) is 5.11 Å². The molecule has 0 radical (unpaired) electrons. The maximum Gasteiger partial charge on any atom is 0.0931 e. The number of thiophene rings is 1. The molecule has 0 fully saturated rings. The summed E-state index contributed by atoms with van der Waals surface area (Å²) in [5, 5.41) is 13.2. The zero-order valence-corrected chi connectivity index (χ0v) is 14.3. The number of aliphatic hydroxyl groups is 1. The first-order chi connectivity index (χ1) is 8.40. The van der Waals surface area contributed by atoms with E-state index in [0.29, 0.717) is 11.4 Å². The first kappa shape index (κ1) is 14.5. The molecular weight excluding hydrogens is 399 g/mol. The average molecular weight is 411 g/mol. The lowest BCUT2D eigenvalue weighted by atomic mass is 9.92. The zero-order valence-electron chi connectivity index (χ0n) is 9.58. The van der Waals surface area contributed by atoms with Gasteiger partial charge in [0.2, 0.25) is 0 Å². The average Bonchev–Trinajstić information content (AvgIpc) is 2.63. The van der Waals surface area contributed by atoms with Gasteiger partial charge in [-0.3, -0.25) is 0 Å². The van der Waals surface area contributed by atoms with Crippen LogP contribution in [0.4, 0.5) is 0 Å². The van der Waals surface area contributed by atoms with E-state index in [1.165, 1.54) is 0 Å². The Hall–Kier alpha value is 0.130. The Morgan fingerprint density at radius 3 is 2.61 bits per heavy atom. The number of benzene rings is 1. The Morgan fingerprint density at radius 1 is 1.33 bits per heavy atom. The van der Waals surface area contributed by atoms with Crippen molar-refractivity contribution in [1.82, 2.24) is 0 Å². The van der Waals surface area contributed by atoms with Gasteiger partial charge in [0.05, 0.1) is 5.60 Å². The number of hydrogen-bond donors (Lipinski definition) is 1. The molecule has 0 aliphatic rings. The lowest BCUT2D eigenvalue weighted by molar-refractivity contribution is 0.0584. The van der Waals surface area contributed by atoms with E-state index in [1.807, 2.05) is 23.6 Å². The smallest absolute Gasteiger partial charge is 0.0931 e. The van der Waals surface area contributed by atoms with Crippen LogP contribution < -0.4 is 0 Å². The van der Waals surface area contributed by atoms with Gasteiger partial charge in [0.1, 0.15) is 0 Å². The highest BCUT2D eigenvalue weighted by Gasteiger charge is 2.27. The molecule has 1 unspecified atom stereocenters. The zero-order chi connectivity index (χ0) is 13.3. The highest BCUT2D eigenvalue weighted by molar-refractivity contribution is 9.10. The fourth-order valence-electron chi connectivity index (χ4n) is 1.79. The molecule has 2 rings (SSSR count). The van der Waals surface area contributed by atoms with Crippen LogP contribution in [0.5, 0.6) is 0 Å². The number of halogens is 3. The third-order valence-corrected chi connectivity index (χ3v) is 5.44. The van der Waals surface area contributed by atoms with Crippen molar-refractivity contribution in [2.24, 2.45) is 0 Å². The van der Waals surface area contributed by atoms with Crippen LogP contribution >= 0.6 is 54.8 Å². The summed E-state index contributed by atoms with van der Waals surface area (Å²) in [6.07, 6.45) is 0.534. The first-order valence-corrected chi connectivity index (χ1v) is 8.14. The van der Waals surface area contributed by atoms with Crippen LogP contribution in [0.2, 0.25) is 5.02 Å². The molecule has 0 aliphatic carbocycles. The summed E-state index contributed by atoms with van der Waals surface area (Å²) in [6, 6.07) is 7.53. The second-order valence-corrected chi connectivity index (χ2v) is 7.44. The molecule has 0 saturated heterocycles. The van der Waals surface area contributed by atoms with Crippen LogP contribution in [-0.4, -0.2) is 5.11 Å². The Morgan fingerprint density at radius 2 is 2.06 bits per heavy atom. The Balaban J connectivity index is 2.33. The van der Waals surface area contributed by atoms with Crippen molar-refractivity contribution < 1.29 is 5.11 Å². The molecule has 0 bridgehead atoms. The van der Waals surface area contributed by atoms with Crippen molar-refractivity contribution in [3.05, 3.63) is 54.1 Å². The number of hydrogen-bond acceptors (Lipinski definition) is 2. The van der Waals surface area contributed by atoms with Gasteiger partial charge in [-0.05, 0) is 46.4 Å².